The molecule has 0 bridgehead atoms. The van der Waals surface area contributed by atoms with Crippen molar-refractivity contribution in [2.45, 2.75) is 45.6 Å². The zero-order valence-corrected chi connectivity index (χ0v) is 12.3. The van der Waals surface area contributed by atoms with Crippen LogP contribution in [0.1, 0.15) is 39.5 Å². The number of hydrogen-bond acceptors (Lipinski definition) is 3. The summed E-state index contributed by atoms with van der Waals surface area (Å²) in [6.07, 6.45) is 6.80. The van der Waals surface area contributed by atoms with Gasteiger partial charge in [0.05, 0.1) is 16.9 Å². The van der Waals surface area contributed by atoms with Crippen molar-refractivity contribution in [2.24, 2.45) is 5.41 Å². The molecule has 0 saturated heterocycles. The lowest BCUT2D eigenvalue weighted by molar-refractivity contribution is 0.232. The lowest BCUT2D eigenvalue weighted by Crippen LogP contribution is -2.30. The van der Waals surface area contributed by atoms with Gasteiger partial charge in [0.2, 0.25) is 0 Å². The third-order valence-electron chi connectivity index (χ3n) is 4.53. The zero-order chi connectivity index (χ0) is 14.2. The Hall–Kier alpha value is -1.77. The van der Waals surface area contributed by atoms with E-state index in [1.165, 1.54) is 25.7 Å². The molecule has 0 atom stereocenters. The molecule has 0 radical (unpaired) electrons. The summed E-state index contributed by atoms with van der Waals surface area (Å²) in [7, 11) is 0. The SMILES string of the molecule is CC1(C)CCC(Nc2ccc3ncccc3c2N)CC1. The van der Waals surface area contributed by atoms with Crippen molar-refractivity contribution >= 4 is 22.3 Å². The maximum atomic E-state index is 6.29. The topological polar surface area (TPSA) is 50.9 Å². The highest BCUT2D eigenvalue weighted by molar-refractivity contribution is 5.96. The van der Waals surface area contributed by atoms with Crippen molar-refractivity contribution in [1.29, 1.82) is 0 Å². The van der Waals surface area contributed by atoms with E-state index in [0.29, 0.717) is 11.5 Å². The lowest BCUT2D eigenvalue weighted by Gasteiger charge is -2.35. The normalized spacial score (nSPS) is 19.1. The van der Waals surface area contributed by atoms with Crippen LogP contribution in [-0.4, -0.2) is 11.0 Å². The number of pyridine rings is 1. The number of nitrogen functional groups attached to an aromatic ring is 1. The molecule has 106 valence electrons. The minimum atomic E-state index is 0.497. The van der Waals surface area contributed by atoms with Gasteiger partial charge in [-0.05, 0) is 55.4 Å². The second-order valence-corrected chi connectivity index (χ2v) is 6.68. The summed E-state index contributed by atoms with van der Waals surface area (Å²) in [6.45, 7) is 4.72. The summed E-state index contributed by atoms with van der Waals surface area (Å²) in [6, 6.07) is 8.61. The van der Waals surface area contributed by atoms with Crippen LogP contribution >= 0.6 is 0 Å². The van der Waals surface area contributed by atoms with Crippen molar-refractivity contribution in [1.82, 2.24) is 4.98 Å². The van der Waals surface area contributed by atoms with E-state index in [0.717, 1.165) is 22.3 Å². The second-order valence-electron chi connectivity index (χ2n) is 6.68. The summed E-state index contributed by atoms with van der Waals surface area (Å²) >= 11 is 0. The van der Waals surface area contributed by atoms with E-state index < -0.39 is 0 Å². The Morgan fingerprint density at radius 3 is 2.70 bits per heavy atom. The highest BCUT2D eigenvalue weighted by Crippen LogP contribution is 2.37. The highest BCUT2D eigenvalue weighted by atomic mass is 14.9. The van der Waals surface area contributed by atoms with Crippen LogP contribution in [-0.2, 0) is 0 Å². The van der Waals surface area contributed by atoms with Crippen LogP contribution in [0.5, 0.6) is 0 Å². The molecule has 0 spiro atoms. The smallest absolute Gasteiger partial charge is 0.0724 e. The average Bonchev–Trinajstić information content (AvgIpc) is 2.44. The van der Waals surface area contributed by atoms with Gasteiger partial charge in [-0.1, -0.05) is 13.8 Å². The van der Waals surface area contributed by atoms with Gasteiger partial charge in [0.25, 0.3) is 0 Å². The van der Waals surface area contributed by atoms with Gasteiger partial charge >= 0.3 is 0 Å². The lowest BCUT2D eigenvalue weighted by atomic mass is 9.75. The Bertz CT molecular complexity index is 609. The number of nitrogens with zero attached hydrogens (tertiary/aromatic N) is 1. The summed E-state index contributed by atoms with van der Waals surface area (Å²) in [4.78, 5) is 4.34. The Morgan fingerprint density at radius 2 is 1.95 bits per heavy atom. The number of nitrogens with two attached hydrogens (primary N) is 1. The molecule has 1 saturated carbocycles. The molecule has 1 aliphatic rings. The molecule has 1 aliphatic carbocycles. The van der Waals surface area contributed by atoms with Gasteiger partial charge in [-0.2, -0.15) is 0 Å². The Kier molecular flexibility index (Phi) is 3.28. The summed E-state index contributed by atoms with van der Waals surface area (Å²) < 4.78 is 0. The number of anilines is 2. The Morgan fingerprint density at radius 1 is 1.20 bits per heavy atom. The molecule has 2 aromatic rings. The first kappa shape index (κ1) is 13.2. The maximum absolute atomic E-state index is 6.29. The van der Waals surface area contributed by atoms with Gasteiger partial charge in [0.1, 0.15) is 0 Å². The molecular weight excluding hydrogens is 246 g/mol. The number of benzene rings is 1. The molecule has 1 heterocycles. The maximum Gasteiger partial charge on any atom is 0.0724 e. The fourth-order valence-electron chi connectivity index (χ4n) is 3.06. The largest absolute Gasteiger partial charge is 0.397 e. The number of nitrogens with one attached hydrogen (secondary N) is 1. The number of aromatic nitrogens is 1. The minimum absolute atomic E-state index is 0.497. The highest BCUT2D eigenvalue weighted by Gasteiger charge is 2.26. The molecule has 20 heavy (non-hydrogen) atoms. The zero-order valence-electron chi connectivity index (χ0n) is 12.3. The predicted molar refractivity (Wildman–Crippen MR) is 85.8 cm³/mol. The van der Waals surface area contributed by atoms with Crippen LogP contribution in [0.4, 0.5) is 11.4 Å². The van der Waals surface area contributed by atoms with Crippen LogP contribution in [0.2, 0.25) is 0 Å². The monoisotopic (exact) mass is 269 g/mol. The molecule has 3 N–H and O–H groups in total. The number of rotatable bonds is 2. The van der Waals surface area contributed by atoms with Gasteiger partial charge in [-0.3, -0.25) is 4.98 Å². The molecule has 1 aromatic carbocycles. The number of hydrogen-bond donors (Lipinski definition) is 2. The molecule has 1 fully saturated rings. The van der Waals surface area contributed by atoms with E-state index >= 15 is 0 Å². The Labute approximate surface area is 120 Å². The van der Waals surface area contributed by atoms with Crippen molar-refractivity contribution in [3.63, 3.8) is 0 Å². The van der Waals surface area contributed by atoms with Gasteiger partial charge in [-0.25, -0.2) is 0 Å². The quantitative estimate of drug-likeness (QED) is 0.803. The first-order valence-corrected chi connectivity index (χ1v) is 7.45. The van der Waals surface area contributed by atoms with Crippen molar-refractivity contribution < 1.29 is 0 Å². The van der Waals surface area contributed by atoms with Crippen LogP contribution in [0.25, 0.3) is 10.9 Å². The van der Waals surface area contributed by atoms with Crippen molar-refractivity contribution in [3.05, 3.63) is 30.5 Å². The molecule has 0 aliphatic heterocycles. The van der Waals surface area contributed by atoms with Crippen LogP contribution in [0, 0.1) is 5.41 Å². The third kappa shape index (κ3) is 2.58. The van der Waals surface area contributed by atoms with Crippen LogP contribution in [0.15, 0.2) is 30.5 Å². The fourth-order valence-corrected chi connectivity index (χ4v) is 3.06. The Balaban J connectivity index is 1.80. The average molecular weight is 269 g/mol. The van der Waals surface area contributed by atoms with Crippen LogP contribution in [0.3, 0.4) is 0 Å². The van der Waals surface area contributed by atoms with Crippen LogP contribution < -0.4 is 11.1 Å². The van der Waals surface area contributed by atoms with Gasteiger partial charge in [-0.15, -0.1) is 0 Å². The summed E-state index contributed by atoms with van der Waals surface area (Å²) in [5.41, 5.74) is 9.61. The first-order chi connectivity index (χ1) is 9.55. The molecule has 0 amide bonds. The predicted octanol–water partition coefficient (Wildman–Crippen LogP) is 4.20. The van der Waals surface area contributed by atoms with Gasteiger partial charge < -0.3 is 11.1 Å². The standard InChI is InChI=1S/C17H23N3/c1-17(2)9-7-12(8-10-17)20-15-6-5-14-13(16(15)18)4-3-11-19-14/h3-6,11-12,20H,7-10,18H2,1-2H3. The summed E-state index contributed by atoms with van der Waals surface area (Å²) in [5.74, 6) is 0. The van der Waals surface area contributed by atoms with E-state index in [1.807, 2.05) is 18.2 Å². The molecule has 0 unspecified atom stereocenters. The third-order valence-corrected chi connectivity index (χ3v) is 4.53. The number of fused-ring (bicyclic) bond motifs is 1. The molecule has 1 aromatic heterocycles. The van der Waals surface area contributed by atoms with E-state index in [4.69, 9.17) is 5.73 Å². The molecule has 3 nitrogen and oxygen atoms in total. The van der Waals surface area contributed by atoms with Gasteiger partial charge in [0, 0.05) is 17.6 Å². The minimum Gasteiger partial charge on any atom is -0.397 e. The second kappa shape index (κ2) is 4.97. The van der Waals surface area contributed by atoms with E-state index in [2.05, 4.69) is 30.2 Å². The summed E-state index contributed by atoms with van der Waals surface area (Å²) in [5, 5.41) is 4.66. The first-order valence-electron chi connectivity index (χ1n) is 7.45. The van der Waals surface area contributed by atoms with E-state index in [1.54, 1.807) is 6.20 Å². The van der Waals surface area contributed by atoms with Crippen molar-refractivity contribution in [3.8, 4) is 0 Å². The van der Waals surface area contributed by atoms with E-state index in [-0.39, 0.29) is 0 Å². The molecule has 3 heteroatoms. The molecule has 3 rings (SSSR count). The fraction of sp³-hybridized carbons (Fsp3) is 0.471. The molecular formula is C17H23N3. The van der Waals surface area contributed by atoms with Crippen molar-refractivity contribution in [2.75, 3.05) is 11.1 Å². The van der Waals surface area contributed by atoms with Gasteiger partial charge in [0.15, 0.2) is 0 Å². The van der Waals surface area contributed by atoms with E-state index in [9.17, 15) is 0 Å².